The molecule has 0 spiro atoms. The largest absolute Gasteiger partial charge is 0.395 e. The van der Waals surface area contributed by atoms with E-state index in [1.165, 1.54) is 5.56 Å². The van der Waals surface area contributed by atoms with Gasteiger partial charge in [-0.3, -0.25) is 4.79 Å². The number of aliphatic hydroxyl groups excluding tert-OH is 1. The van der Waals surface area contributed by atoms with Crippen LogP contribution >= 0.6 is 0 Å². The van der Waals surface area contributed by atoms with Crippen molar-refractivity contribution in [3.8, 4) is 0 Å². The molecule has 0 bridgehead atoms. The summed E-state index contributed by atoms with van der Waals surface area (Å²) in [5.41, 5.74) is 3.32. The molecule has 1 aromatic carbocycles. The van der Waals surface area contributed by atoms with Gasteiger partial charge in [-0.2, -0.15) is 0 Å². The zero-order valence-corrected chi connectivity index (χ0v) is 11.0. The summed E-state index contributed by atoms with van der Waals surface area (Å²) in [6.45, 7) is 6.37. The number of benzene rings is 1. The number of aryl methyl sites for hydroxylation is 3. The maximum absolute atomic E-state index is 12.2. The minimum Gasteiger partial charge on any atom is -0.395 e. The molecule has 0 radical (unpaired) electrons. The summed E-state index contributed by atoms with van der Waals surface area (Å²) >= 11 is 0. The Morgan fingerprint density at radius 3 is 2.28 bits per heavy atom. The lowest BCUT2D eigenvalue weighted by atomic mass is 9.85. The van der Waals surface area contributed by atoms with Crippen LogP contribution in [0.5, 0.6) is 0 Å². The molecule has 0 aromatic heterocycles. The second-order valence-corrected chi connectivity index (χ2v) is 5.16. The number of nitrogens with one attached hydrogen (secondary N) is 1. The molecule has 18 heavy (non-hydrogen) atoms. The van der Waals surface area contributed by atoms with E-state index in [-0.39, 0.29) is 12.5 Å². The molecule has 1 aliphatic heterocycles. The van der Waals surface area contributed by atoms with Crippen molar-refractivity contribution < 1.29 is 14.6 Å². The van der Waals surface area contributed by atoms with Gasteiger partial charge >= 0.3 is 0 Å². The lowest BCUT2D eigenvalue weighted by molar-refractivity contribution is -0.164. The van der Waals surface area contributed by atoms with Crippen molar-refractivity contribution in [3.63, 3.8) is 0 Å². The quantitative estimate of drug-likeness (QED) is 0.854. The standard InChI is InChI=1S/C14H19NO3/c1-9-4-10(2)12(11(3)5-9)15-13(17)14(6-16)7-18-8-14/h4-5,16H,6-8H2,1-3H3,(H,15,17). The molecular formula is C14H19NO3. The number of ether oxygens (including phenoxy) is 1. The van der Waals surface area contributed by atoms with Gasteiger partial charge in [0.25, 0.3) is 0 Å². The fraction of sp³-hybridized carbons (Fsp3) is 0.500. The average molecular weight is 249 g/mol. The molecule has 2 N–H and O–H groups in total. The van der Waals surface area contributed by atoms with E-state index < -0.39 is 5.41 Å². The van der Waals surface area contributed by atoms with E-state index in [1.807, 2.05) is 32.9 Å². The second kappa shape index (κ2) is 4.71. The molecule has 1 aliphatic rings. The first-order chi connectivity index (χ1) is 8.48. The number of anilines is 1. The van der Waals surface area contributed by atoms with Crippen LogP contribution in [0.4, 0.5) is 5.69 Å². The number of carbonyl (C=O) groups excluding carboxylic acids is 1. The highest BCUT2D eigenvalue weighted by Gasteiger charge is 2.45. The Morgan fingerprint density at radius 2 is 1.89 bits per heavy atom. The summed E-state index contributed by atoms with van der Waals surface area (Å²) in [6, 6.07) is 4.07. The van der Waals surface area contributed by atoms with Gasteiger partial charge in [0.2, 0.25) is 5.91 Å². The third-order valence-corrected chi connectivity index (χ3v) is 3.46. The Hall–Kier alpha value is -1.39. The van der Waals surface area contributed by atoms with Crippen LogP contribution in [0.1, 0.15) is 16.7 Å². The number of carbonyl (C=O) groups is 1. The summed E-state index contributed by atoms with van der Waals surface area (Å²) in [6.07, 6.45) is 0. The molecule has 2 rings (SSSR count). The van der Waals surface area contributed by atoms with Crippen molar-refractivity contribution in [1.29, 1.82) is 0 Å². The number of amides is 1. The Morgan fingerprint density at radius 1 is 1.33 bits per heavy atom. The van der Waals surface area contributed by atoms with E-state index >= 15 is 0 Å². The van der Waals surface area contributed by atoms with E-state index in [9.17, 15) is 9.90 Å². The maximum atomic E-state index is 12.2. The SMILES string of the molecule is Cc1cc(C)c(NC(=O)C2(CO)COC2)c(C)c1. The topological polar surface area (TPSA) is 58.6 Å². The first-order valence-electron chi connectivity index (χ1n) is 6.06. The molecule has 0 atom stereocenters. The van der Waals surface area contributed by atoms with Crippen LogP contribution in [-0.2, 0) is 9.53 Å². The molecule has 0 saturated carbocycles. The summed E-state index contributed by atoms with van der Waals surface area (Å²) in [5.74, 6) is -0.161. The van der Waals surface area contributed by atoms with Crippen molar-refractivity contribution in [1.82, 2.24) is 0 Å². The zero-order valence-electron chi connectivity index (χ0n) is 11.0. The molecule has 1 fully saturated rings. The number of rotatable bonds is 3. The molecule has 1 aromatic rings. The van der Waals surface area contributed by atoms with Crippen molar-refractivity contribution in [2.45, 2.75) is 20.8 Å². The second-order valence-electron chi connectivity index (χ2n) is 5.16. The van der Waals surface area contributed by atoms with Crippen LogP contribution in [0, 0.1) is 26.2 Å². The van der Waals surface area contributed by atoms with Crippen LogP contribution in [0.25, 0.3) is 0 Å². The summed E-state index contributed by atoms with van der Waals surface area (Å²) < 4.78 is 5.05. The van der Waals surface area contributed by atoms with Gasteiger partial charge in [-0.25, -0.2) is 0 Å². The van der Waals surface area contributed by atoms with Crippen LogP contribution in [-0.4, -0.2) is 30.8 Å². The highest BCUT2D eigenvalue weighted by molar-refractivity contribution is 5.97. The fourth-order valence-electron chi connectivity index (χ4n) is 2.27. The van der Waals surface area contributed by atoms with Crippen molar-refractivity contribution in [2.24, 2.45) is 5.41 Å². The average Bonchev–Trinajstić information content (AvgIpc) is 2.22. The van der Waals surface area contributed by atoms with Crippen LogP contribution < -0.4 is 5.32 Å². The minimum atomic E-state index is -0.760. The van der Waals surface area contributed by atoms with Crippen LogP contribution in [0.3, 0.4) is 0 Å². The van der Waals surface area contributed by atoms with Gasteiger partial charge in [-0.1, -0.05) is 17.7 Å². The number of hydrogen-bond donors (Lipinski definition) is 2. The van der Waals surface area contributed by atoms with Gasteiger partial charge in [0.1, 0.15) is 5.41 Å². The van der Waals surface area contributed by atoms with E-state index in [2.05, 4.69) is 5.32 Å². The Bertz CT molecular complexity index is 449. The zero-order chi connectivity index (χ0) is 13.3. The Labute approximate surface area is 107 Å². The number of hydrogen-bond acceptors (Lipinski definition) is 3. The Kier molecular flexibility index (Phi) is 3.41. The van der Waals surface area contributed by atoms with E-state index in [1.54, 1.807) is 0 Å². The molecule has 0 unspecified atom stereocenters. The number of aliphatic hydroxyl groups is 1. The molecule has 4 heteroatoms. The molecule has 98 valence electrons. The maximum Gasteiger partial charge on any atom is 0.237 e. The molecule has 1 saturated heterocycles. The van der Waals surface area contributed by atoms with E-state index in [4.69, 9.17) is 4.74 Å². The highest BCUT2D eigenvalue weighted by Crippen LogP contribution is 2.30. The summed E-state index contributed by atoms with van der Waals surface area (Å²) in [5, 5.41) is 12.2. The van der Waals surface area contributed by atoms with Crippen LogP contribution in [0.15, 0.2) is 12.1 Å². The lowest BCUT2D eigenvalue weighted by Gasteiger charge is -2.38. The Balaban J connectivity index is 2.22. The molecular weight excluding hydrogens is 230 g/mol. The monoisotopic (exact) mass is 249 g/mol. The molecule has 4 nitrogen and oxygen atoms in total. The van der Waals surface area contributed by atoms with Gasteiger partial charge in [-0.15, -0.1) is 0 Å². The lowest BCUT2D eigenvalue weighted by Crippen LogP contribution is -2.54. The normalized spacial score (nSPS) is 17.1. The highest BCUT2D eigenvalue weighted by atomic mass is 16.5. The third-order valence-electron chi connectivity index (χ3n) is 3.46. The third kappa shape index (κ3) is 2.13. The first-order valence-corrected chi connectivity index (χ1v) is 6.06. The van der Waals surface area contributed by atoms with Gasteiger partial charge < -0.3 is 15.2 Å². The van der Waals surface area contributed by atoms with Crippen molar-refractivity contribution in [3.05, 3.63) is 28.8 Å². The van der Waals surface area contributed by atoms with Gasteiger partial charge in [0.15, 0.2) is 0 Å². The van der Waals surface area contributed by atoms with Gasteiger partial charge in [0, 0.05) is 5.69 Å². The summed E-state index contributed by atoms with van der Waals surface area (Å²) in [4.78, 5) is 12.2. The summed E-state index contributed by atoms with van der Waals surface area (Å²) in [7, 11) is 0. The molecule has 1 heterocycles. The van der Waals surface area contributed by atoms with Crippen LogP contribution in [0.2, 0.25) is 0 Å². The van der Waals surface area contributed by atoms with Gasteiger partial charge in [-0.05, 0) is 31.9 Å². The van der Waals surface area contributed by atoms with E-state index in [0.717, 1.165) is 16.8 Å². The molecule has 1 amide bonds. The minimum absolute atomic E-state index is 0.161. The predicted octanol–water partition coefficient (Wildman–Crippen LogP) is 1.56. The first kappa shape index (κ1) is 13.1. The molecule has 0 aliphatic carbocycles. The predicted molar refractivity (Wildman–Crippen MR) is 69.6 cm³/mol. The van der Waals surface area contributed by atoms with E-state index in [0.29, 0.717) is 13.2 Å². The van der Waals surface area contributed by atoms with Gasteiger partial charge in [0.05, 0.1) is 19.8 Å². The van der Waals surface area contributed by atoms with Crippen molar-refractivity contribution >= 4 is 11.6 Å². The van der Waals surface area contributed by atoms with Crippen molar-refractivity contribution in [2.75, 3.05) is 25.1 Å². The smallest absolute Gasteiger partial charge is 0.237 e. The fourth-order valence-corrected chi connectivity index (χ4v) is 2.27.